The first-order valence-corrected chi connectivity index (χ1v) is 5.90. The number of hydrazine groups is 1. The maximum absolute atomic E-state index is 5.99. The number of aromatic amines is 1. The van der Waals surface area contributed by atoms with Crippen LogP contribution in [-0.2, 0) is 6.42 Å². The molecule has 0 saturated carbocycles. The van der Waals surface area contributed by atoms with Crippen LogP contribution in [0.5, 0.6) is 5.75 Å². The first kappa shape index (κ1) is 12.9. The smallest absolute Gasteiger partial charge is 0.124 e. The van der Waals surface area contributed by atoms with Crippen LogP contribution < -0.4 is 16.0 Å². The largest absolute Gasteiger partial charge is 0.496 e. The Bertz CT molecular complexity index is 501. The van der Waals surface area contributed by atoms with Crippen LogP contribution in [0.2, 0.25) is 5.02 Å². The van der Waals surface area contributed by atoms with Crippen LogP contribution in [0.15, 0.2) is 30.6 Å². The van der Waals surface area contributed by atoms with Crippen LogP contribution in [0.3, 0.4) is 0 Å². The molecule has 1 aromatic carbocycles. The number of imidazole rings is 1. The molecule has 0 aliphatic carbocycles. The highest BCUT2D eigenvalue weighted by atomic mass is 35.5. The summed E-state index contributed by atoms with van der Waals surface area (Å²) in [6.07, 6.45) is 4.08. The van der Waals surface area contributed by atoms with Crippen LogP contribution in [0.25, 0.3) is 0 Å². The van der Waals surface area contributed by atoms with E-state index in [1.807, 2.05) is 12.1 Å². The Morgan fingerprint density at radius 2 is 2.39 bits per heavy atom. The zero-order chi connectivity index (χ0) is 13.0. The average molecular weight is 267 g/mol. The molecule has 18 heavy (non-hydrogen) atoms. The molecule has 0 saturated heterocycles. The maximum Gasteiger partial charge on any atom is 0.124 e. The molecule has 2 aromatic rings. The number of ether oxygens (including phenoxy) is 1. The molecule has 0 fully saturated rings. The lowest BCUT2D eigenvalue weighted by Gasteiger charge is -2.15. The Hall–Kier alpha value is -1.56. The van der Waals surface area contributed by atoms with E-state index in [0.29, 0.717) is 11.4 Å². The standard InChI is InChI=1S/C12H15ClN4O/c1-18-11-3-2-9(13)6-8(11)7-10(17-14)12-15-4-5-16-12/h2-6,10,17H,7,14H2,1H3,(H,15,16). The molecular weight excluding hydrogens is 252 g/mol. The van der Waals surface area contributed by atoms with E-state index in [1.165, 1.54) is 0 Å². The fourth-order valence-corrected chi connectivity index (χ4v) is 2.02. The van der Waals surface area contributed by atoms with E-state index in [0.717, 1.165) is 17.1 Å². The monoisotopic (exact) mass is 266 g/mol. The van der Waals surface area contributed by atoms with Crippen molar-refractivity contribution in [1.29, 1.82) is 0 Å². The normalized spacial score (nSPS) is 12.4. The van der Waals surface area contributed by atoms with Crippen molar-refractivity contribution in [3.8, 4) is 5.75 Å². The van der Waals surface area contributed by atoms with Crippen LogP contribution >= 0.6 is 11.6 Å². The number of aromatic nitrogens is 2. The summed E-state index contributed by atoms with van der Waals surface area (Å²) in [6, 6.07) is 5.38. The van der Waals surface area contributed by atoms with Crippen molar-refractivity contribution in [1.82, 2.24) is 15.4 Å². The highest BCUT2D eigenvalue weighted by Crippen LogP contribution is 2.26. The molecule has 0 bridgehead atoms. The predicted molar refractivity (Wildman–Crippen MR) is 70.4 cm³/mol. The third kappa shape index (κ3) is 2.81. The van der Waals surface area contributed by atoms with Crippen LogP contribution in [0.4, 0.5) is 0 Å². The Labute approximate surface area is 110 Å². The third-order valence-electron chi connectivity index (χ3n) is 2.72. The van der Waals surface area contributed by atoms with Crippen molar-refractivity contribution >= 4 is 11.6 Å². The molecule has 4 N–H and O–H groups in total. The van der Waals surface area contributed by atoms with Gasteiger partial charge in [-0.15, -0.1) is 0 Å². The number of halogens is 1. The van der Waals surface area contributed by atoms with Gasteiger partial charge in [-0.1, -0.05) is 11.6 Å². The zero-order valence-corrected chi connectivity index (χ0v) is 10.7. The molecule has 5 nitrogen and oxygen atoms in total. The van der Waals surface area contributed by atoms with E-state index in [9.17, 15) is 0 Å². The summed E-state index contributed by atoms with van der Waals surface area (Å²) in [5.74, 6) is 7.12. The molecule has 0 amide bonds. The van der Waals surface area contributed by atoms with Gasteiger partial charge in [0.25, 0.3) is 0 Å². The minimum absolute atomic E-state index is 0.118. The molecule has 2 rings (SSSR count). The van der Waals surface area contributed by atoms with Gasteiger partial charge in [0.15, 0.2) is 0 Å². The van der Waals surface area contributed by atoms with Gasteiger partial charge < -0.3 is 9.72 Å². The van der Waals surface area contributed by atoms with E-state index in [2.05, 4.69) is 15.4 Å². The van der Waals surface area contributed by atoms with Gasteiger partial charge in [0.1, 0.15) is 11.6 Å². The number of nitrogens with two attached hydrogens (primary N) is 1. The second-order valence-corrected chi connectivity index (χ2v) is 4.29. The summed E-state index contributed by atoms with van der Waals surface area (Å²) in [5.41, 5.74) is 3.71. The number of benzene rings is 1. The van der Waals surface area contributed by atoms with Gasteiger partial charge in [-0.05, 0) is 30.2 Å². The van der Waals surface area contributed by atoms with Crippen LogP contribution in [-0.4, -0.2) is 17.1 Å². The van der Waals surface area contributed by atoms with Crippen molar-refractivity contribution in [2.45, 2.75) is 12.5 Å². The number of rotatable bonds is 5. The lowest BCUT2D eigenvalue weighted by atomic mass is 10.0. The van der Waals surface area contributed by atoms with Gasteiger partial charge >= 0.3 is 0 Å². The SMILES string of the molecule is COc1ccc(Cl)cc1CC(NN)c1ncc[nH]1. The number of nitrogens with one attached hydrogen (secondary N) is 2. The van der Waals surface area contributed by atoms with E-state index in [1.54, 1.807) is 25.6 Å². The quantitative estimate of drug-likeness (QED) is 0.570. The minimum Gasteiger partial charge on any atom is -0.496 e. The minimum atomic E-state index is -0.118. The van der Waals surface area contributed by atoms with Crippen LogP contribution in [0.1, 0.15) is 17.4 Å². The number of nitrogens with zero attached hydrogens (tertiary/aromatic N) is 1. The molecule has 0 radical (unpaired) electrons. The molecule has 96 valence electrons. The molecule has 1 heterocycles. The van der Waals surface area contributed by atoms with Crippen LogP contribution in [0, 0.1) is 0 Å². The lowest BCUT2D eigenvalue weighted by Crippen LogP contribution is -2.30. The summed E-state index contributed by atoms with van der Waals surface area (Å²) in [6.45, 7) is 0. The first-order chi connectivity index (χ1) is 8.74. The molecule has 0 aliphatic heterocycles. The molecule has 0 spiro atoms. The molecular formula is C12H15ClN4O. The van der Waals surface area contributed by atoms with Gasteiger partial charge in [-0.25, -0.2) is 10.4 Å². The fraction of sp³-hybridized carbons (Fsp3) is 0.250. The summed E-state index contributed by atoms with van der Waals surface area (Å²) in [7, 11) is 1.63. The molecule has 1 aromatic heterocycles. The molecule has 0 aliphatic rings. The lowest BCUT2D eigenvalue weighted by molar-refractivity contribution is 0.404. The van der Waals surface area contributed by atoms with Gasteiger partial charge in [-0.3, -0.25) is 5.84 Å². The van der Waals surface area contributed by atoms with E-state index < -0.39 is 0 Å². The second kappa shape index (κ2) is 5.86. The van der Waals surface area contributed by atoms with Gasteiger partial charge in [0, 0.05) is 17.4 Å². The van der Waals surface area contributed by atoms with E-state index in [4.69, 9.17) is 22.2 Å². The summed E-state index contributed by atoms with van der Waals surface area (Å²) in [4.78, 5) is 7.22. The van der Waals surface area contributed by atoms with Crippen molar-refractivity contribution in [2.24, 2.45) is 5.84 Å². The number of hydrogen-bond acceptors (Lipinski definition) is 4. The highest BCUT2D eigenvalue weighted by molar-refractivity contribution is 6.30. The number of methoxy groups -OCH3 is 1. The third-order valence-corrected chi connectivity index (χ3v) is 2.95. The Morgan fingerprint density at radius 3 is 3.00 bits per heavy atom. The summed E-state index contributed by atoms with van der Waals surface area (Å²) >= 11 is 5.99. The number of hydrogen-bond donors (Lipinski definition) is 3. The van der Waals surface area contributed by atoms with Crippen molar-refractivity contribution in [2.75, 3.05) is 7.11 Å². The van der Waals surface area contributed by atoms with E-state index >= 15 is 0 Å². The van der Waals surface area contributed by atoms with Gasteiger partial charge in [0.05, 0.1) is 13.2 Å². The fourth-order valence-electron chi connectivity index (χ4n) is 1.83. The summed E-state index contributed by atoms with van der Waals surface area (Å²) in [5, 5.41) is 0.668. The predicted octanol–water partition coefficient (Wildman–Crippen LogP) is 1.82. The summed E-state index contributed by atoms with van der Waals surface area (Å²) < 4.78 is 5.31. The topological polar surface area (TPSA) is 76.0 Å². The van der Waals surface area contributed by atoms with Gasteiger partial charge in [0.2, 0.25) is 0 Å². The highest BCUT2D eigenvalue weighted by Gasteiger charge is 2.15. The van der Waals surface area contributed by atoms with Crippen molar-refractivity contribution < 1.29 is 4.74 Å². The molecule has 1 atom stereocenters. The maximum atomic E-state index is 5.99. The molecule has 6 heteroatoms. The Balaban J connectivity index is 2.24. The first-order valence-electron chi connectivity index (χ1n) is 5.52. The Kier molecular flexibility index (Phi) is 4.19. The second-order valence-electron chi connectivity index (χ2n) is 3.85. The zero-order valence-electron chi connectivity index (χ0n) is 9.98. The van der Waals surface area contributed by atoms with Crippen molar-refractivity contribution in [3.05, 3.63) is 47.0 Å². The molecule has 1 unspecified atom stereocenters. The average Bonchev–Trinajstić information content (AvgIpc) is 2.90. The number of H-pyrrole nitrogens is 1. The van der Waals surface area contributed by atoms with E-state index in [-0.39, 0.29) is 6.04 Å². The van der Waals surface area contributed by atoms with Crippen molar-refractivity contribution in [3.63, 3.8) is 0 Å². The van der Waals surface area contributed by atoms with Gasteiger partial charge in [-0.2, -0.15) is 0 Å². The Morgan fingerprint density at radius 1 is 1.56 bits per heavy atom.